The van der Waals surface area contributed by atoms with Crippen molar-refractivity contribution in [2.45, 2.75) is 203 Å². The molecule has 51 heavy (non-hydrogen) atoms. The average molecular weight is 705 g/mol. The highest BCUT2D eigenvalue weighted by Crippen LogP contribution is 2.75. The number of rotatable bonds is 15. The Morgan fingerprint density at radius 3 is 2.37 bits per heavy atom. The lowest BCUT2D eigenvalue weighted by Crippen LogP contribution is -2.65. The minimum Gasteiger partial charge on any atom is -0.462 e. The zero-order valence-electron chi connectivity index (χ0n) is 34.8. The number of esters is 1. The Bertz CT molecular complexity index is 1260. The molecule has 4 saturated carbocycles. The van der Waals surface area contributed by atoms with Gasteiger partial charge in [-0.2, -0.15) is 0 Å². The molecule has 1 N–H and O–H groups in total. The van der Waals surface area contributed by atoms with E-state index in [-0.39, 0.29) is 29.0 Å². The van der Waals surface area contributed by atoms with E-state index < -0.39 is 0 Å². The Labute approximate surface area is 315 Å². The molecule has 290 valence electrons. The van der Waals surface area contributed by atoms with Crippen molar-refractivity contribution in [1.29, 1.82) is 0 Å². The van der Waals surface area contributed by atoms with Gasteiger partial charge < -0.3 is 9.84 Å². The van der Waals surface area contributed by atoms with Gasteiger partial charge in [0.1, 0.15) is 6.10 Å². The quantitative estimate of drug-likeness (QED) is 0.0799. The van der Waals surface area contributed by atoms with Gasteiger partial charge in [0.15, 0.2) is 0 Å². The standard InChI is InChI=1S/C48H80O3/c1-10-11-12-13-14-16-19-22-37(49)23-20-17-15-18-21-24-42(50)51-41-29-31-46(7)39(44(41,4)5)28-32-48(9)40(46)26-25-38-43-36(3)35(2)27-30-45(43,6)33-34-47(38,48)8/h14,16,19,22,25,35-37,39-41,43,49H,10-13,15,17-18,20-21,23-24,26-34H2,1-9H3/b16-14-,22-19+/t35-,36+,37?,39+,40-,41+,43+,45-,46+,47-,48-/m1/s1. The van der Waals surface area contributed by atoms with Crippen molar-refractivity contribution in [3.63, 3.8) is 0 Å². The van der Waals surface area contributed by atoms with Crippen molar-refractivity contribution in [3.05, 3.63) is 36.0 Å². The predicted molar refractivity (Wildman–Crippen MR) is 215 cm³/mol. The molecule has 0 aromatic rings. The van der Waals surface area contributed by atoms with Gasteiger partial charge in [0, 0.05) is 11.8 Å². The second kappa shape index (κ2) is 16.6. The Kier molecular flexibility index (Phi) is 13.3. The van der Waals surface area contributed by atoms with Gasteiger partial charge in [0.05, 0.1) is 6.10 Å². The maximum Gasteiger partial charge on any atom is 0.306 e. The molecule has 0 aliphatic heterocycles. The number of hydrogen-bond donors (Lipinski definition) is 1. The first kappa shape index (κ1) is 40.8. The molecule has 0 spiro atoms. The smallest absolute Gasteiger partial charge is 0.306 e. The van der Waals surface area contributed by atoms with E-state index in [1.807, 2.05) is 17.7 Å². The van der Waals surface area contributed by atoms with Crippen LogP contribution in [0.25, 0.3) is 0 Å². The summed E-state index contributed by atoms with van der Waals surface area (Å²) < 4.78 is 6.40. The van der Waals surface area contributed by atoms with E-state index in [4.69, 9.17) is 4.74 Å². The highest BCUT2D eigenvalue weighted by atomic mass is 16.5. The van der Waals surface area contributed by atoms with Gasteiger partial charge in [-0.1, -0.05) is 137 Å². The maximum atomic E-state index is 13.2. The van der Waals surface area contributed by atoms with Crippen LogP contribution >= 0.6 is 0 Å². The molecule has 3 heteroatoms. The molecular weight excluding hydrogens is 625 g/mol. The molecular formula is C48H80O3. The minimum atomic E-state index is -0.359. The molecule has 3 nitrogen and oxygen atoms in total. The van der Waals surface area contributed by atoms with E-state index in [0.29, 0.717) is 34.5 Å². The third kappa shape index (κ3) is 8.05. The zero-order valence-corrected chi connectivity index (χ0v) is 34.8. The number of aliphatic hydroxyl groups is 1. The first-order valence-corrected chi connectivity index (χ1v) is 22.1. The molecule has 5 aliphatic rings. The van der Waals surface area contributed by atoms with Crippen molar-refractivity contribution in [2.24, 2.45) is 56.7 Å². The molecule has 1 unspecified atom stereocenters. The van der Waals surface area contributed by atoms with Crippen molar-refractivity contribution in [3.8, 4) is 0 Å². The summed E-state index contributed by atoms with van der Waals surface area (Å²) in [7, 11) is 0. The molecule has 0 bridgehead atoms. The molecule has 0 aromatic carbocycles. The van der Waals surface area contributed by atoms with E-state index >= 15 is 0 Å². The molecule has 5 aliphatic carbocycles. The fraction of sp³-hybridized carbons (Fsp3) is 0.854. The summed E-state index contributed by atoms with van der Waals surface area (Å²) >= 11 is 0. The summed E-state index contributed by atoms with van der Waals surface area (Å²) in [6.45, 7) is 22.9. The van der Waals surface area contributed by atoms with E-state index in [1.165, 1.54) is 70.6 Å². The number of aliphatic hydroxyl groups excluding tert-OH is 1. The van der Waals surface area contributed by atoms with Crippen LogP contribution in [0.4, 0.5) is 0 Å². The molecule has 0 aromatic heterocycles. The fourth-order valence-corrected chi connectivity index (χ4v) is 13.4. The highest BCUT2D eigenvalue weighted by molar-refractivity contribution is 5.69. The largest absolute Gasteiger partial charge is 0.462 e. The van der Waals surface area contributed by atoms with E-state index in [1.54, 1.807) is 0 Å². The van der Waals surface area contributed by atoms with Crippen LogP contribution in [0, 0.1) is 56.7 Å². The summed E-state index contributed by atoms with van der Waals surface area (Å²) in [5.41, 5.74) is 3.26. The number of fused-ring (bicyclic) bond motifs is 7. The van der Waals surface area contributed by atoms with Crippen LogP contribution in [0.15, 0.2) is 36.0 Å². The molecule has 0 heterocycles. The van der Waals surface area contributed by atoms with E-state index in [2.05, 4.69) is 80.5 Å². The molecule has 0 amide bonds. The normalized spacial score (nSPS) is 40.9. The number of hydrogen-bond acceptors (Lipinski definition) is 3. The average Bonchev–Trinajstić information content (AvgIpc) is 3.07. The summed E-state index contributed by atoms with van der Waals surface area (Å²) in [6, 6.07) is 0. The third-order valence-corrected chi connectivity index (χ3v) is 17.0. The lowest BCUT2D eigenvalue weighted by Gasteiger charge is -2.71. The van der Waals surface area contributed by atoms with Gasteiger partial charge in [0.2, 0.25) is 0 Å². The minimum absolute atomic E-state index is 0.00648. The predicted octanol–water partition coefficient (Wildman–Crippen LogP) is 13.4. The summed E-state index contributed by atoms with van der Waals surface area (Å²) in [4.78, 5) is 13.2. The topological polar surface area (TPSA) is 46.5 Å². The second-order valence-electron chi connectivity index (χ2n) is 20.3. The van der Waals surface area contributed by atoms with E-state index in [0.717, 1.165) is 69.1 Å². The van der Waals surface area contributed by atoms with Crippen LogP contribution in [-0.4, -0.2) is 23.3 Å². The molecule has 4 fully saturated rings. The van der Waals surface area contributed by atoms with Crippen molar-refractivity contribution in [1.82, 2.24) is 0 Å². The van der Waals surface area contributed by atoms with Crippen LogP contribution in [0.2, 0.25) is 0 Å². The summed E-state index contributed by atoms with van der Waals surface area (Å²) in [6.07, 6.45) is 33.7. The number of unbranched alkanes of at least 4 members (excludes halogenated alkanes) is 7. The van der Waals surface area contributed by atoms with Crippen LogP contribution in [0.3, 0.4) is 0 Å². The van der Waals surface area contributed by atoms with Crippen molar-refractivity contribution in [2.75, 3.05) is 0 Å². The molecule has 0 saturated heterocycles. The van der Waals surface area contributed by atoms with Crippen LogP contribution in [-0.2, 0) is 9.53 Å². The van der Waals surface area contributed by atoms with Gasteiger partial charge in [-0.3, -0.25) is 4.79 Å². The first-order chi connectivity index (χ1) is 24.1. The summed E-state index contributed by atoms with van der Waals surface area (Å²) in [5, 5.41) is 10.3. The molecule has 11 atom stereocenters. The Morgan fingerprint density at radius 2 is 1.61 bits per heavy atom. The van der Waals surface area contributed by atoms with Crippen LogP contribution in [0.5, 0.6) is 0 Å². The number of carbonyl (C=O) groups is 1. The highest BCUT2D eigenvalue weighted by Gasteiger charge is 2.68. The first-order valence-electron chi connectivity index (χ1n) is 22.1. The number of carbonyl (C=O) groups excluding carboxylic acids is 1. The summed E-state index contributed by atoms with van der Waals surface area (Å²) in [5.74, 6) is 3.66. The maximum absolute atomic E-state index is 13.2. The Balaban J connectivity index is 1.10. The zero-order chi connectivity index (χ0) is 37.1. The SMILES string of the molecule is CCCCC/C=C\C=C\C(O)CCCCCCCC(=O)O[C@H]1CC[C@]2(C)[C@H]3CC=C4[C@@H]5[C@@H](C)[C@H](C)CC[C@]5(C)CC[C@@]4(C)[C@]3(C)CC[C@H]2C1(C)C. The van der Waals surface area contributed by atoms with E-state index in [9.17, 15) is 9.90 Å². The van der Waals surface area contributed by atoms with Gasteiger partial charge in [0.25, 0.3) is 0 Å². The van der Waals surface area contributed by atoms with Crippen LogP contribution in [0.1, 0.15) is 191 Å². The van der Waals surface area contributed by atoms with Crippen molar-refractivity contribution < 1.29 is 14.6 Å². The second-order valence-corrected chi connectivity index (χ2v) is 20.3. The monoisotopic (exact) mass is 705 g/mol. The lowest BCUT2D eigenvalue weighted by molar-refractivity contribution is -0.213. The third-order valence-electron chi connectivity index (χ3n) is 17.0. The van der Waals surface area contributed by atoms with Gasteiger partial charge >= 0.3 is 5.97 Å². The lowest BCUT2D eigenvalue weighted by atomic mass is 9.33. The van der Waals surface area contributed by atoms with Crippen molar-refractivity contribution >= 4 is 5.97 Å². The molecule has 0 radical (unpaired) electrons. The number of ether oxygens (including phenoxy) is 1. The van der Waals surface area contributed by atoms with Crippen LogP contribution < -0.4 is 0 Å². The van der Waals surface area contributed by atoms with Gasteiger partial charge in [-0.15, -0.1) is 0 Å². The fourth-order valence-electron chi connectivity index (χ4n) is 13.4. The molecule has 5 rings (SSSR count). The Hall–Kier alpha value is -1.35. The van der Waals surface area contributed by atoms with Gasteiger partial charge in [-0.25, -0.2) is 0 Å². The Morgan fingerprint density at radius 1 is 0.863 bits per heavy atom. The number of allylic oxidation sites excluding steroid dienone is 5. The van der Waals surface area contributed by atoms with Gasteiger partial charge in [-0.05, 0) is 135 Å².